The second kappa shape index (κ2) is 11.7. The summed E-state index contributed by atoms with van der Waals surface area (Å²) in [6, 6.07) is 12.4. The van der Waals surface area contributed by atoms with Gasteiger partial charge in [0.1, 0.15) is 12.3 Å². The second-order valence-corrected chi connectivity index (χ2v) is 10.4. The molecule has 1 N–H and O–H groups in total. The first-order chi connectivity index (χ1) is 18.8. The van der Waals surface area contributed by atoms with Gasteiger partial charge in [-0.2, -0.15) is 13.2 Å². The summed E-state index contributed by atoms with van der Waals surface area (Å²) in [5.74, 6) is -1.92. The number of thioether (sulfide) groups is 1. The Morgan fingerprint density at radius 2 is 1.77 bits per heavy atom. The highest BCUT2D eigenvalue weighted by atomic mass is 79.9. The molecular weight excluding hydrogens is 643 g/mol. The Balaban J connectivity index is 1.58. The second-order valence-electron chi connectivity index (χ2n) is 8.04. The van der Waals surface area contributed by atoms with E-state index in [1.807, 2.05) is 0 Å². The van der Waals surface area contributed by atoms with Gasteiger partial charge in [0, 0.05) is 26.8 Å². The zero-order valence-corrected chi connectivity index (χ0v) is 22.9. The maximum absolute atomic E-state index is 13.1. The Morgan fingerprint density at radius 1 is 1.10 bits per heavy atom. The fourth-order valence-electron chi connectivity index (χ4n) is 3.42. The lowest BCUT2D eigenvalue weighted by molar-refractivity contribution is -0.385. The SMILES string of the molecule is O=C(CN1C(=O)S/C(=C/c2cc(Br)ccc2Oc2ccc(C(F)(F)F)cc2[N+](=O)[O-])C1=O)Nc1ccc(Cl)cc1. The number of carbonyl (C=O) groups is 3. The molecule has 9 nitrogen and oxygen atoms in total. The van der Waals surface area contributed by atoms with Gasteiger partial charge < -0.3 is 10.1 Å². The molecule has 1 aliphatic heterocycles. The van der Waals surface area contributed by atoms with Crippen molar-refractivity contribution in [3.8, 4) is 11.5 Å². The summed E-state index contributed by atoms with van der Waals surface area (Å²) in [6.45, 7) is -0.565. The van der Waals surface area contributed by atoms with Crippen molar-refractivity contribution in [3.63, 3.8) is 0 Å². The summed E-state index contributed by atoms with van der Waals surface area (Å²) in [5, 5.41) is 13.7. The smallest absolute Gasteiger partial charge is 0.416 e. The predicted octanol–water partition coefficient (Wildman–Crippen LogP) is 7.50. The van der Waals surface area contributed by atoms with Crippen LogP contribution in [0.3, 0.4) is 0 Å². The molecule has 3 amide bonds. The Hall–Kier alpha value is -3.88. The van der Waals surface area contributed by atoms with Gasteiger partial charge in [0.2, 0.25) is 11.7 Å². The first-order valence-electron chi connectivity index (χ1n) is 11.0. The molecule has 0 aliphatic carbocycles. The van der Waals surface area contributed by atoms with Crippen LogP contribution in [0.5, 0.6) is 11.5 Å². The normalized spacial score (nSPS) is 14.5. The lowest BCUT2D eigenvalue weighted by Crippen LogP contribution is -2.36. The number of nitro groups is 1. The summed E-state index contributed by atoms with van der Waals surface area (Å²) in [5.41, 5.74) is -1.56. The van der Waals surface area contributed by atoms with E-state index >= 15 is 0 Å². The zero-order chi connectivity index (χ0) is 29.2. The third-order valence-electron chi connectivity index (χ3n) is 5.26. The first-order valence-corrected chi connectivity index (χ1v) is 12.9. The van der Waals surface area contributed by atoms with Gasteiger partial charge in [-0.3, -0.25) is 29.4 Å². The van der Waals surface area contributed by atoms with Crippen LogP contribution in [0.1, 0.15) is 11.1 Å². The monoisotopic (exact) mass is 655 g/mol. The molecule has 15 heteroatoms. The molecule has 4 rings (SSSR count). The van der Waals surface area contributed by atoms with Crippen LogP contribution >= 0.6 is 39.3 Å². The minimum atomic E-state index is -4.80. The third kappa shape index (κ3) is 6.81. The predicted molar refractivity (Wildman–Crippen MR) is 145 cm³/mol. The number of amides is 3. The van der Waals surface area contributed by atoms with E-state index in [0.717, 1.165) is 11.0 Å². The number of nitrogens with zero attached hydrogens (tertiary/aromatic N) is 2. The maximum atomic E-state index is 13.1. The van der Waals surface area contributed by atoms with Gasteiger partial charge in [0.05, 0.1) is 15.4 Å². The van der Waals surface area contributed by atoms with Crippen molar-refractivity contribution in [3.05, 3.63) is 96.3 Å². The number of hydrogen-bond donors (Lipinski definition) is 1. The molecule has 0 unspecified atom stereocenters. The lowest BCUT2D eigenvalue weighted by atomic mass is 10.1. The number of nitro benzene ring substituents is 1. The molecule has 1 saturated heterocycles. The van der Waals surface area contributed by atoms with Gasteiger partial charge in [-0.25, -0.2) is 0 Å². The molecule has 206 valence electrons. The van der Waals surface area contributed by atoms with E-state index in [1.165, 1.54) is 24.3 Å². The van der Waals surface area contributed by atoms with Gasteiger partial charge in [-0.05, 0) is 72.4 Å². The number of anilines is 1. The molecule has 40 heavy (non-hydrogen) atoms. The highest BCUT2D eigenvalue weighted by Crippen LogP contribution is 2.40. The van der Waals surface area contributed by atoms with Gasteiger partial charge in [-0.15, -0.1) is 0 Å². The summed E-state index contributed by atoms with van der Waals surface area (Å²) in [7, 11) is 0. The molecule has 3 aromatic rings. The van der Waals surface area contributed by atoms with Crippen molar-refractivity contribution < 1.29 is 37.2 Å². The number of hydrogen-bond acceptors (Lipinski definition) is 7. The Morgan fingerprint density at radius 3 is 2.42 bits per heavy atom. The molecule has 0 atom stereocenters. The molecule has 0 radical (unpaired) electrons. The van der Waals surface area contributed by atoms with Gasteiger partial charge >= 0.3 is 11.9 Å². The number of carbonyl (C=O) groups excluding carboxylic acids is 3. The zero-order valence-electron chi connectivity index (χ0n) is 19.7. The van der Waals surface area contributed by atoms with Crippen molar-refractivity contribution in [2.24, 2.45) is 0 Å². The Bertz CT molecular complexity index is 1570. The molecule has 1 heterocycles. The van der Waals surface area contributed by atoms with Crippen molar-refractivity contribution in [1.82, 2.24) is 4.90 Å². The van der Waals surface area contributed by atoms with Crippen LogP contribution in [0.25, 0.3) is 6.08 Å². The molecule has 1 aliphatic rings. The molecule has 0 aromatic heterocycles. The number of benzene rings is 3. The topological polar surface area (TPSA) is 119 Å². The summed E-state index contributed by atoms with van der Waals surface area (Å²) in [4.78, 5) is 49.0. The van der Waals surface area contributed by atoms with Crippen molar-refractivity contribution >= 4 is 73.8 Å². The van der Waals surface area contributed by atoms with Crippen LogP contribution in [0.4, 0.5) is 29.3 Å². The van der Waals surface area contributed by atoms with Crippen molar-refractivity contribution in [2.45, 2.75) is 6.18 Å². The third-order valence-corrected chi connectivity index (χ3v) is 6.92. The van der Waals surface area contributed by atoms with E-state index in [4.69, 9.17) is 16.3 Å². The van der Waals surface area contributed by atoms with E-state index in [1.54, 1.807) is 24.3 Å². The maximum Gasteiger partial charge on any atom is 0.416 e. The number of halogens is 5. The van der Waals surface area contributed by atoms with E-state index in [9.17, 15) is 37.7 Å². The highest BCUT2D eigenvalue weighted by Gasteiger charge is 2.37. The first kappa shape index (κ1) is 29.1. The largest absolute Gasteiger partial charge is 0.449 e. The molecule has 0 bridgehead atoms. The van der Waals surface area contributed by atoms with Crippen molar-refractivity contribution in [1.29, 1.82) is 0 Å². The molecule has 0 spiro atoms. The summed E-state index contributed by atoms with van der Waals surface area (Å²) >= 11 is 9.63. The quantitative estimate of drug-likeness (QED) is 0.159. The van der Waals surface area contributed by atoms with E-state index < -0.39 is 51.7 Å². The molecular formula is C25H14BrClF3N3O6S. The molecule has 1 fully saturated rings. The van der Waals surface area contributed by atoms with Gasteiger partial charge in [0.25, 0.3) is 11.1 Å². The molecule has 0 saturated carbocycles. The van der Waals surface area contributed by atoms with E-state index in [2.05, 4.69) is 21.2 Å². The van der Waals surface area contributed by atoms with Gasteiger partial charge in [0.15, 0.2) is 0 Å². The summed E-state index contributed by atoms with van der Waals surface area (Å²) < 4.78 is 45.3. The van der Waals surface area contributed by atoms with Crippen LogP contribution in [0, 0.1) is 10.1 Å². The van der Waals surface area contributed by atoms with Gasteiger partial charge in [-0.1, -0.05) is 27.5 Å². The van der Waals surface area contributed by atoms with Crippen LogP contribution in [0.15, 0.2) is 70.0 Å². The minimum Gasteiger partial charge on any atom is -0.449 e. The van der Waals surface area contributed by atoms with E-state index in [-0.39, 0.29) is 16.2 Å². The fourth-order valence-corrected chi connectivity index (χ4v) is 4.76. The lowest BCUT2D eigenvalue weighted by Gasteiger charge is -2.13. The number of nitrogens with one attached hydrogen (secondary N) is 1. The Kier molecular flexibility index (Phi) is 8.51. The minimum absolute atomic E-state index is 0.0432. The standard InChI is InChI=1S/C25H14BrClF3N3O6S/c26-15-2-8-19(39-20-7-1-14(25(28,29)30)11-18(20)33(37)38)13(9-15)10-21-23(35)32(24(36)40-21)12-22(34)31-17-5-3-16(27)4-6-17/h1-11H,12H2,(H,31,34)/b21-10+. The number of imide groups is 1. The number of ether oxygens (including phenoxy) is 1. The number of rotatable bonds is 7. The fraction of sp³-hybridized carbons (Fsp3) is 0.0800. The van der Waals surface area contributed by atoms with Crippen LogP contribution in [-0.4, -0.2) is 33.4 Å². The molecule has 3 aromatic carbocycles. The van der Waals surface area contributed by atoms with E-state index in [0.29, 0.717) is 39.1 Å². The summed E-state index contributed by atoms with van der Waals surface area (Å²) in [6.07, 6.45) is -3.53. The van der Waals surface area contributed by atoms with Crippen molar-refractivity contribution in [2.75, 3.05) is 11.9 Å². The average molecular weight is 657 g/mol. The van der Waals surface area contributed by atoms with Crippen LogP contribution in [-0.2, 0) is 15.8 Å². The van der Waals surface area contributed by atoms with Crippen LogP contribution < -0.4 is 10.1 Å². The van der Waals surface area contributed by atoms with Crippen LogP contribution in [0.2, 0.25) is 5.02 Å². The highest BCUT2D eigenvalue weighted by molar-refractivity contribution is 9.10. The average Bonchev–Trinajstić information content (AvgIpc) is 3.13. The number of alkyl halides is 3. The Labute approximate surface area is 241 Å².